The van der Waals surface area contributed by atoms with Gasteiger partial charge in [-0.3, -0.25) is 29.4 Å². The summed E-state index contributed by atoms with van der Waals surface area (Å²) in [6.07, 6.45) is 0.269. The van der Waals surface area contributed by atoms with E-state index in [-0.39, 0.29) is 34.8 Å². The van der Waals surface area contributed by atoms with Crippen molar-refractivity contribution in [2.24, 2.45) is 5.92 Å². The summed E-state index contributed by atoms with van der Waals surface area (Å²) in [4.78, 5) is 50.2. The van der Waals surface area contributed by atoms with Crippen LogP contribution in [0, 0.1) is 23.0 Å². The summed E-state index contributed by atoms with van der Waals surface area (Å²) in [6, 6.07) is 9.57. The van der Waals surface area contributed by atoms with Gasteiger partial charge in [0.2, 0.25) is 5.91 Å². The van der Waals surface area contributed by atoms with E-state index in [1.54, 1.807) is 31.2 Å². The molecule has 0 bridgehead atoms. The average molecular weight is 395 g/mol. The van der Waals surface area contributed by atoms with Crippen LogP contribution in [0.2, 0.25) is 0 Å². The van der Waals surface area contributed by atoms with Gasteiger partial charge in [0.05, 0.1) is 21.7 Å². The highest BCUT2D eigenvalue weighted by atomic mass is 16.6. The molecule has 150 valence electrons. The van der Waals surface area contributed by atoms with Crippen LogP contribution in [0.15, 0.2) is 42.5 Å². The smallest absolute Gasteiger partial charge is 0.271 e. The van der Waals surface area contributed by atoms with Crippen LogP contribution in [0.3, 0.4) is 0 Å². The lowest BCUT2D eigenvalue weighted by Crippen LogP contribution is -2.48. The molecular weight excluding hydrogens is 374 g/mol. The number of hydrogen-bond acceptors (Lipinski definition) is 5. The van der Waals surface area contributed by atoms with Crippen LogP contribution in [0.5, 0.6) is 0 Å². The van der Waals surface area contributed by atoms with Crippen molar-refractivity contribution in [2.75, 3.05) is 5.32 Å². The molecule has 0 aliphatic carbocycles. The number of carbonyl (C=O) groups excluding carboxylic acids is 3. The summed E-state index contributed by atoms with van der Waals surface area (Å²) < 4.78 is 0. The van der Waals surface area contributed by atoms with Gasteiger partial charge in [-0.1, -0.05) is 32.0 Å². The fraction of sp³-hybridized carbons (Fsp3) is 0.286. The number of benzene rings is 2. The fourth-order valence-corrected chi connectivity index (χ4v) is 3.34. The zero-order valence-electron chi connectivity index (χ0n) is 16.3. The number of rotatable bonds is 6. The predicted molar refractivity (Wildman–Crippen MR) is 107 cm³/mol. The Hall–Kier alpha value is -3.55. The Balaban J connectivity index is 1.93. The molecule has 0 spiro atoms. The molecule has 2 aromatic rings. The molecule has 0 saturated carbocycles. The van der Waals surface area contributed by atoms with Gasteiger partial charge in [-0.05, 0) is 37.0 Å². The quantitative estimate of drug-likeness (QED) is 0.457. The SMILES string of the molecule is Cc1ccc([N+](=O)[O-])cc1NC(=O)C(CC(C)C)N1C(=O)c2ccccc2C1=O. The summed E-state index contributed by atoms with van der Waals surface area (Å²) in [6.45, 7) is 5.48. The number of nitro groups is 1. The Morgan fingerprint density at radius 2 is 1.69 bits per heavy atom. The van der Waals surface area contributed by atoms with Gasteiger partial charge in [0.25, 0.3) is 17.5 Å². The third-order valence-corrected chi connectivity index (χ3v) is 4.82. The van der Waals surface area contributed by atoms with E-state index in [2.05, 4.69) is 5.32 Å². The van der Waals surface area contributed by atoms with Crippen molar-refractivity contribution in [3.63, 3.8) is 0 Å². The minimum Gasteiger partial charge on any atom is -0.324 e. The second-order valence-electron chi connectivity index (χ2n) is 7.42. The van der Waals surface area contributed by atoms with Gasteiger partial charge in [-0.15, -0.1) is 0 Å². The molecule has 0 fully saturated rings. The highest BCUT2D eigenvalue weighted by Gasteiger charge is 2.42. The summed E-state index contributed by atoms with van der Waals surface area (Å²) in [5, 5.41) is 13.7. The predicted octanol–water partition coefficient (Wildman–Crippen LogP) is 3.55. The molecule has 0 saturated heterocycles. The summed E-state index contributed by atoms with van der Waals surface area (Å²) in [5.41, 5.74) is 1.28. The first-order valence-corrected chi connectivity index (χ1v) is 9.23. The summed E-state index contributed by atoms with van der Waals surface area (Å²) in [5.74, 6) is -1.55. The maximum absolute atomic E-state index is 13.1. The summed E-state index contributed by atoms with van der Waals surface area (Å²) in [7, 11) is 0. The number of nitrogens with zero attached hydrogens (tertiary/aromatic N) is 2. The van der Waals surface area contributed by atoms with Crippen molar-refractivity contribution in [1.29, 1.82) is 0 Å². The third kappa shape index (κ3) is 3.87. The molecule has 8 heteroatoms. The van der Waals surface area contributed by atoms with Gasteiger partial charge >= 0.3 is 0 Å². The molecule has 2 aromatic carbocycles. The third-order valence-electron chi connectivity index (χ3n) is 4.82. The van der Waals surface area contributed by atoms with Crippen LogP contribution in [-0.2, 0) is 4.79 Å². The van der Waals surface area contributed by atoms with Crippen LogP contribution in [-0.4, -0.2) is 33.6 Å². The zero-order chi connectivity index (χ0) is 21.3. The second kappa shape index (κ2) is 7.83. The first-order valence-electron chi connectivity index (χ1n) is 9.23. The van der Waals surface area contributed by atoms with E-state index in [0.717, 1.165) is 4.90 Å². The van der Waals surface area contributed by atoms with Crippen molar-refractivity contribution in [3.8, 4) is 0 Å². The Bertz CT molecular complexity index is 980. The molecule has 0 aromatic heterocycles. The second-order valence-corrected chi connectivity index (χ2v) is 7.42. The lowest BCUT2D eigenvalue weighted by Gasteiger charge is -2.27. The van der Waals surface area contributed by atoms with E-state index in [1.807, 2.05) is 13.8 Å². The van der Waals surface area contributed by atoms with Gasteiger partial charge in [-0.2, -0.15) is 0 Å². The van der Waals surface area contributed by atoms with E-state index >= 15 is 0 Å². The molecule has 1 N–H and O–H groups in total. The van der Waals surface area contributed by atoms with Crippen LogP contribution in [0.25, 0.3) is 0 Å². The van der Waals surface area contributed by atoms with Gasteiger partial charge in [0, 0.05) is 12.1 Å². The number of nitro benzene ring substituents is 1. The zero-order valence-corrected chi connectivity index (χ0v) is 16.3. The Kier molecular flexibility index (Phi) is 5.45. The lowest BCUT2D eigenvalue weighted by molar-refractivity contribution is -0.384. The van der Waals surface area contributed by atoms with Crippen LogP contribution >= 0.6 is 0 Å². The highest BCUT2D eigenvalue weighted by molar-refractivity contribution is 6.23. The number of nitrogens with one attached hydrogen (secondary N) is 1. The number of anilines is 1. The van der Waals surface area contributed by atoms with E-state index < -0.39 is 28.7 Å². The van der Waals surface area contributed by atoms with E-state index in [1.165, 1.54) is 18.2 Å². The van der Waals surface area contributed by atoms with Crippen LogP contribution < -0.4 is 5.32 Å². The van der Waals surface area contributed by atoms with Crippen molar-refractivity contribution in [3.05, 3.63) is 69.3 Å². The molecule has 29 heavy (non-hydrogen) atoms. The normalized spacial score (nSPS) is 14.1. The number of aryl methyl sites for hydroxylation is 1. The lowest BCUT2D eigenvalue weighted by atomic mass is 10.0. The van der Waals surface area contributed by atoms with Gasteiger partial charge < -0.3 is 5.32 Å². The number of fused-ring (bicyclic) bond motifs is 1. The topological polar surface area (TPSA) is 110 Å². The number of carbonyl (C=O) groups is 3. The minimum absolute atomic E-state index is 0.0290. The van der Waals surface area contributed by atoms with E-state index in [4.69, 9.17) is 0 Å². The Morgan fingerprint density at radius 1 is 1.10 bits per heavy atom. The van der Waals surface area contributed by atoms with E-state index in [0.29, 0.717) is 5.56 Å². The maximum Gasteiger partial charge on any atom is 0.271 e. The first kappa shape index (κ1) is 20.2. The highest BCUT2D eigenvalue weighted by Crippen LogP contribution is 2.28. The number of non-ortho nitro benzene ring substituents is 1. The molecule has 3 rings (SSSR count). The van der Waals surface area contributed by atoms with Crippen molar-refractivity contribution in [2.45, 2.75) is 33.2 Å². The van der Waals surface area contributed by atoms with Crippen molar-refractivity contribution >= 4 is 29.1 Å². The molecule has 1 aliphatic heterocycles. The van der Waals surface area contributed by atoms with Crippen LogP contribution in [0.4, 0.5) is 11.4 Å². The molecule has 1 heterocycles. The molecule has 1 unspecified atom stereocenters. The fourth-order valence-electron chi connectivity index (χ4n) is 3.34. The molecule has 1 aliphatic rings. The molecule has 0 radical (unpaired) electrons. The molecule has 1 atom stereocenters. The standard InChI is InChI=1S/C21H21N3O5/c1-12(2)10-18(23-20(26)15-6-4-5-7-16(15)21(23)27)19(25)22-17-11-14(24(28)29)9-8-13(17)3/h4-9,11-12,18H,10H2,1-3H3,(H,22,25). The van der Waals surface area contributed by atoms with Crippen LogP contribution in [0.1, 0.15) is 46.5 Å². The van der Waals surface area contributed by atoms with Crippen molar-refractivity contribution < 1.29 is 19.3 Å². The first-order chi connectivity index (χ1) is 13.7. The molecular formula is C21H21N3O5. The average Bonchev–Trinajstić information content (AvgIpc) is 2.92. The van der Waals surface area contributed by atoms with Gasteiger partial charge in [0.1, 0.15) is 6.04 Å². The largest absolute Gasteiger partial charge is 0.324 e. The minimum atomic E-state index is -1.03. The van der Waals surface area contributed by atoms with Gasteiger partial charge in [0.15, 0.2) is 0 Å². The summed E-state index contributed by atoms with van der Waals surface area (Å²) >= 11 is 0. The monoisotopic (exact) mass is 395 g/mol. The number of hydrogen-bond donors (Lipinski definition) is 1. The number of imide groups is 1. The molecule has 3 amide bonds. The number of amides is 3. The molecule has 8 nitrogen and oxygen atoms in total. The van der Waals surface area contributed by atoms with E-state index in [9.17, 15) is 24.5 Å². The maximum atomic E-state index is 13.1. The Labute approximate surface area is 167 Å². The van der Waals surface area contributed by atoms with Gasteiger partial charge in [-0.25, -0.2) is 0 Å². The Morgan fingerprint density at radius 3 is 2.21 bits per heavy atom. The van der Waals surface area contributed by atoms with Crippen molar-refractivity contribution in [1.82, 2.24) is 4.90 Å².